The van der Waals surface area contributed by atoms with Gasteiger partial charge in [-0.3, -0.25) is 19.8 Å². The fourth-order valence-electron chi connectivity index (χ4n) is 7.88. The van der Waals surface area contributed by atoms with Crippen molar-refractivity contribution in [1.82, 2.24) is 26.0 Å². The number of benzene rings is 3. The van der Waals surface area contributed by atoms with Gasteiger partial charge in [-0.15, -0.1) is 0 Å². The second-order valence-electron chi connectivity index (χ2n) is 17.6. The van der Waals surface area contributed by atoms with Gasteiger partial charge in [0.2, 0.25) is 17.8 Å². The lowest BCUT2D eigenvalue weighted by Gasteiger charge is -2.25. The molecule has 342 valence electrons. The molecule has 17 nitrogen and oxygen atoms in total. The molecule has 3 aromatic rings. The number of aliphatic hydroxyl groups is 2. The van der Waals surface area contributed by atoms with E-state index >= 15 is 0 Å². The summed E-state index contributed by atoms with van der Waals surface area (Å²) in [6.45, 7) is 12.9. The normalized spacial score (nSPS) is 15.3. The van der Waals surface area contributed by atoms with Gasteiger partial charge in [-0.1, -0.05) is 48.5 Å². The number of esters is 1. The van der Waals surface area contributed by atoms with Crippen molar-refractivity contribution in [1.29, 1.82) is 5.41 Å². The summed E-state index contributed by atoms with van der Waals surface area (Å²) in [7, 11) is -4.23. The molecule has 0 bridgehead atoms. The van der Waals surface area contributed by atoms with Gasteiger partial charge in [0.25, 0.3) is 10.0 Å². The van der Waals surface area contributed by atoms with Crippen LogP contribution in [0.15, 0.2) is 53.4 Å². The lowest BCUT2D eigenvalue weighted by atomic mass is 9.94. The van der Waals surface area contributed by atoms with Gasteiger partial charge in [0.1, 0.15) is 35.6 Å². The topological polar surface area (TPSA) is 255 Å². The van der Waals surface area contributed by atoms with Gasteiger partial charge >= 0.3 is 12.1 Å². The van der Waals surface area contributed by atoms with Crippen LogP contribution in [0, 0.1) is 26.2 Å². The summed E-state index contributed by atoms with van der Waals surface area (Å²) in [5.41, 5.74) is 5.10. The van der Waals surface area contributed by atoms with Crippen LogP contribution < -0.4 is 30.7 Å². The zero-order valence-corrected chi connectivity index (χ0v) is 37.9. The quantitative estimate of drug-likeness (QED) is 0.0420. The Balaban J connectivity index is 1.29. The molecule has 5 rings (SSSR count). The number of guanidine groups is 1. The number of carbonyl (C=O) groups excluding carboxylic acids is 4. The molecule has 3 aromatic carbocycles. The Morgan fingerprint density at radius 1 is 0.905 bits per heavy atom. The number of nitrogens with one attached hydrogen (secondary N) is 6. The van der Waals surface area contributed by atoms with Crippen molar-refractivity contribution < 1.29 is 52.0 Å². The third kappa shape index (κ3) is 12.1. The van der Waals surface area contributed by atoms with Crippen LogP contribution in [0.25, 0.3) is 11.1 Å². The largest absolute Gasteiger partial charge is 0.487 e. The number of hydrogen-bond donors (Lipinski definition) is 8. The summed E-state index contributed by atoms with van der Waals surface area (Å²) >= 11 is 0. The molecule has 3 amide bonds. The number of hydrogen-bond acceptors (Lipinski definition) is 12. The molecule has 0 fully saturated rings. The molecule has 3 unspecified atom stereocenters. The molecule has 0 spiro atoms. The fourth-order valence-corrected chi connectivity index (χ4v) is 9.40. The molecule has 0 saturated carbocycles. The van der Waals surface area contributed by atoms with Crippen LogP contribution in [0.5, 0.6) is 5.75 Å². The van der Waals surface area contributed by atoms with Crippen molar-refractivity contribution >= 4 is 39.9 Å². The molecule has 0 aromatic heterocycles. The molecule has 1 heterocycles. The lowest BCUT2D eigenvalue weighted by Crippen LogP contribution is -2.55. The van der Waals surface area contributed by atoms with Gasteiger partial charge in [0.05, 0.1) is 24.0 Å². The number of fused-ring (bicyclic) bond motifs is 4. The van der Waals surface area contributed by atoms with Crippen LogP contribution in [0.4, 0.5) is 4.79 Å². The van der Waals surface area contributed by atoms with Gasteiger partial charge in [0.15, 0.2) is 0 Å². The van der Waals surface area contributed by atoms with E-state index in [1.54, 1.807) is 41.5 Å². The number of alkyl carbamates (subject to hydrolysis) is 1. The third-order valence-corrected chi connectivity index (χ3v) is 12.5. The zero-order valence-electron chi connectivity index (χ0n) is 37.1. The standard InChI is InChI=1S/C45H60N6O11S/c1-25-26(2)39(27(3)33-21-45(7,8)62-38(25)33)63(58,59)51-42(46)47-19-13-18-35(41(56)49-36(20-37(54)61-44(4,5)6)40(55)48-22-28(53)23-52)50-43(57)60-24-34-31-16-11-9-14-29(31)30-15-10-12-17-32(30)34/h9-12,14-17,28,34-36,52-53H,13,18-24H2,1-8H3,(H,48,55)(H,49,56)(H,50,57)(H3,46,47,51). The second kappa shape index (κ2) is 19.8. The van der Waals surface area contributed by atoms with Crippen molar-refractivity contribution in [2.24, 2.45) is 0 Å². The Hall–Kier alpha value is -5.72. The van der Waals surface area contributed by atoms with E-state index in [2.05, 4.69) is 26.0 Å². The maximum Gasteiger partial charge on any atom is 0.407 e. The highest BCUT2D eigenvalue weighted by Crippen LogP contribution is 2.45. The molecular formula is C45H60N6O11S. The summed E-state index contributed by atoms with van der Waals surface area (Å²) in [6, 6.07) is 12.7. The lowest BCUT2D eigenvalue weighted by molar-refractivity contribution is -0.156. The van der Waals surface area contributed by atoms with E-state index in [4.69, 9.17) is 19.6 Å². The van der Waals surface area contributed by atoms with Crippen LogP contribution in [-0.2, 0) is 40.3 Å². The maximum absolute atomic E-state index is 14.0. The van der Waals surface area contributed by atoms with Crippen LogP contribution >= 0.6 is 0 Å². The van der Waals surface area contributed by atoms with Crippen molar-refractivity contribution in [2.75, 3.05) is 26.3 Å². The molecule has 2 aliphatic rings. The minimum Gasteiger partial charge on any atom is -0.487 e. The first-order chi connectivity index (χ1) is 29.5. The first-order valence-corrected chi connectivity index (χ1v) is 22.4. The van der Waals surface area contributed by atoms with Crippen LogP contribution in [-0.4, -0.2) is 104 Å². The van der Waals surface area contributed by atoms with E-state index in [-0.39, 0.29) is 43.4 Å². The predicted octanol–water partition coefficient (Wildman–Crippen LogP) is 3.50. The average molecular weight is 893 g/mol. The Labute approximate surface area is 368 Å². The second-order valence-corrected chi connectivity index (χ2v) is 19.2. The summed E-state index contributed by atoms with van der Waals surface area (Å²) in [6.07, 6.45) is -2.32. The first-order valence-electron chi connectivity index (χ1n) is 20.9. The Kier molecular flexibility index (Phi) is 15.2. The van der Waals surface area contributed by atoms with Crippen LogP contribution in [0.2, 0.25) is 0 Å². The summed E-state index contributed by atoms with van der Waals surface area (Å²) in [5, 5.41) is 37.7. The Morgan fingerprint density at radius 2 is 1.52 bits per heavy atom. The van der Waals surface area contributed by atoms with E-state index in [9.17, 15) is 37.8 Å². The number of amides is 3. The van der Waals surface area contributed by atoms with Crippen molar-refractivity contribution in [3.05, 3.63) is 81.9 Å². The molecule has 0 saturated heterocycles. The highest BCUT2D eigenvalue weighted by molar-refractivity contribution is 7.90. The average Bonchev–Trinajstić information content (AvgIpc) is 3.71. The minimum absolute atomic E-state index is 0.0262. The molecule has 0 radical (unpaired) electrons. The van der Waals surface area contributed by atoms with Gasteiger partial charge in [-0.05, 0) is 107 Å². The van der Waals surface area contributed by atoms with Crippen LogP contribution in [0.1, 0.15) is 93.2 Å². The predicted molar refractivity (Wildman–Crippen MR) is 235 cm³/mol. The Bertz CT molecular complexity index is 2300. The zero-order chi connectivity index (χ0) is 46.4. The van der Waals surface area contributed by atoms with E-state index < -0.39 is 82.3 Å². The number of carbonyl (C=O) groups is 4. The molecule has 1 aliphatic carbocycles. The molecule has 1 aliphatic heterocycles. The van der Waals surface area contributed by atoms with Gasteiger partial charge in [0, 0.05) is 31.0 Å². The van der Waals surface area contributed by atoms with Crippen LogP contribution in [0.3, 0.4) is 0 Å². The van der Waals surface area contributed by atoms with E-state index in [1.165, 1.54) is 0 Å². The third-order valence-electron chi connectivity index (χ3n) is 10.9. The number of sulfonamides is 1. The van der Waals surface area contributed by atoms with E-state index in [0.29, 0.717) is 28.9 Å². The Morgan fingerprint density at radius 3 is 2.13 bits per heavy atom. The highest BCUT2D eigenvalue weighted by atomic mass is 32.2. The van der Waals surface area contributed by atoms with Crippen molar-refractivity contribution in [2.45, 2.75) is 121 Å². The van der Waals surface area contributed by atoms with Gasteiger partial charge in [-0.2, -0.15) is 0 Å². The fraction of sp³-hybridized carbons (Fsp3) is 0.489. The number of ether oxygens (including phenoxy) is 3. The molecule has 8 N–H and O–H groups in total. The van der Waals surface area contributed by atoms with Gasteiger partial charge < -0.3 is 45.7 Å². The SMILES string of the molecule is Cc1c(C)c(S(=O)(=O)NC(=N)NCCCC(NC(=O)OCC2c3ccccc3-c3ccccc32)C(=O)NC(CC(=O)OC(C)(C)C)C(=O)NCC(O)CO)c(C)c2c1OC(C)(C)C2. The monoisotopic (exact) mass is 892 g/mol. The van der Waals surface area contributed by atoms with E-state index in [0.717, 1.165) is 27.8 Å². The smallest absolute Gasteiger partial charge is 0.407 e. The summed E-state index contributed by atoms with van der Waals surface area (Å²) in [4.78, 5) is 53.6. The number of rotatable bonds is 17. The molecule has 18 heteroatoms. The van der Waals surface area contributed by atoms with E-state index in [1.807, 2.05) is 62.4 Å². The summed E-state index contributed by atoms with van der Waals surface area (Å²) < 4.78 is 46.9. The van der Waals surface area contributed by atoms with Crippen molar-refractivity contribution in [3.63, 3.8) is 0 Å². The van der Waals surface area contributed by atoms with Gasteiger partial charge in [-0.25, -0.2) is 17.9 Å². The summed E-state index contributed by atoms with van der Waals surface area (Å²) in [5.74, 6) is -2.66. The molecule has 3 atom stereocenters. The maximum atomic E-state index is 14.0. The molecule has 63 heavy (non-hydrogen) atoms. The molecular weight excluding hydrogens is 833 g/mol. The highest BCUT2D eigenvalue weighted by Gasteiger charge is 2.37. The first kappa shape index (κ1) is 48.3. The minimum atomic E-state index is -4.23. The van der Waals surface area contributed by atoms with Crippen molar-refractivity contribution in [3.8, 4) is 16.9 Å². The number of aliphatic hydroxyl groups excluding tert-OH is 2.